The van der Waals surface area contributed by atoms with E-state index in [1.165, 1.54) is 19.3 Å². The van der Waals surface area contributed by atoms with Crippen LogP contribution in [0.2, 0.25) is 0 Å². The molecule has 3 heteroatoms. The third-order valence-electron chi connectivity index (χ3n) is 2.46. The zero-order valence-corrected chi connectivity index (χ0v) is 7.84. The fourth-order valence-corrected chi connectivity index (χ4v) is 1.94. The van der Waals surface area contributed by atoms with Gasteiger partial charge in [-0.2, -0.15) is 0 Å². The fourth-order valence-electron chi connectivity index (χ4n) is 1.94. The molecule has 1 saturated heterocycles. The monoisotopic (exact) mass is 169 g/mol. The van der Waals surface area contributed by atoms with Crippen LogP contribution < -0.4 is 5.73 Å². The summed E-state index contributed by atoms with van der Waals surface area (Å²) in [6, 6.07) is 0. The lowest BCUT2D eigenvalue weighted by Crippen LogP contribution is -2.31. The summed E-state index contributed by atoms with van der Waals surface area (Å²) in [6.45, 7) is 5.17. The van der Waals surface area contributed by atoms with Crippen molar-refractivity contribution in [3.63, 3.8) is 0 Å². The minimum atomic E-state index is 0.298. The maximum Gasteiger partial charge on any atom is 0.105 e. The van der Waals surface area contributed by atoms with Crippen molar-refractivity contribution in [3.8, 4) is 0 Å². The van der Waals surface area contributed by atoms with Crippen molar-refractivity contribution < 1.29 is 0 Å². The van der Waals surface area contributed by atoms with Crippen LogP contribution in [0.4, 0.5) is 0 Å². The van der Waals surface area contributed by atoms with Crippen LogP contribution in [0.3, 0.4) is 0 Å². The van der Waals surface area contributed by atoms with Gasteiger partial charge in [-0.25, -0.2) is 0 Å². The highest BCUT2D eigenvalue weighted by molar-refractivity contribution is 5.78. The van der Waals surface area contributed by atoms with E-state index in [9.17, 15) is 0 Å². The molecule has 1 heterocycles. The quantitative estimate of drug-likeness (QED) is 0.488. The first-order valence-corrected chi connectivity index (χ1v) is 4.77. The summed E-state index contributed by atoms with van der Waals surface area (Å²) in [5.41, 5.74) is 5.33. The Kier molecular flexibility index (Phi) is 3.53. The second-order valence-electron chi connectivity index (χ2n) is 3.70. The Morgan fingerprint density at radius 1 is 1.67 bits per heavy atom. The van der Waals surface area contributed by atoms with Gasteiger partial charge in [0.1, 0.15) is 5.84 Å². The molecule has 1 aliphatic rings. The van der Waals surface area contributed by atoms with Gasteiger partial charge in [-0.15, -0.1) is 0 Å². The molecule has 3 N–H and O–H groups in total. The molecule has 0 spiro atoms. The SMILES string of the molecule is CCCC1CCN(CC(=N)N)C1. The lowest BCUT2D eigenvalue weighted by molar-refractivity contribution is 0.361. The molecule has 1 unspecified atom stereocenters. The second-order valence-corrected chi connectivity index (χ2v) is 3.70. The zero-order chi connectivity index (χ0) is 8.97. The topological polar surface area (TPSA) is 53.1 Å². The van der Waals surface area contributed by atoms with Crippen molar-refractivity contribution in [2.45, 2.75) is 26.2 Å². The first-order chi connectivity index (χ1) is 5.72. The highest BCUT2D eigenvalue weighted by atomic mass is 15.2. The number of hydrogen-bond donors (Lipinski definition) is 2. The number of nitrogens with two attached hydrogens (primary N) is 1. The van der Waals surface area contributed by atoms with Crippen molar-refractivity contribution in [1.82, 2.24) is 4.90 Å². The smallest absolute Gasteiger partial charge is 0.105 e. The lowest BCUT2D eigenvalue weighted by atomic mass is 10.0. The molecule has 1 aliphatic heterocycles. The third kappa shape index (κ3) is 2.81. The minimum absolute atomic E-state index is 0.298. The van der Waals surface area contributed by atoms with Gasteiger partial charge in [-0.3, -0.25) is 10.3 Å². The van der Waals surface area contributed by atoms with E-state index in [1.807, 2.05) is 0 Å². The van der Waals surface area contributed by atoms with E-state index < -0.39 is 0 Å². The molecule has 1 fully saturated rings. The van der Waals surface area contributed by atoms with Crippen LogP contribution in [0.5, 0.6) is 0 Å². The molecular weight excluding hydrogens is 150 g/mol. The Balaban J connectivity index is 2.21. The van der Waals surface area contributed by atoms with Gasteiger partial charge in [-0.1, -0.05) is 13.3 Å². The van der Waals surface area contributed by atoms with Crippen molar-refractivity contribution in [3.05, 3.63) is 0 Å². The first kappa shape index (κ1) is 9.52. The molecule has 0 aliphatic carbocycles. The highest BCUT2D eigenvalue weighted by Crippen LogP contribution is 2.19. The summed E-state index contributed by atoms with van der Waals surface area (Å²) in [6.07, 6.45) is 3.90. The molecule has 3 nitrogen and oxygen atoms in total. The van der Waals surface area contributed by atoms with E-state index in [0.29, 0.717) is 12.4 Å². The largest absolute Gasteiger partial charge is 0.387 e. The van der Waals surface area contributed by atoms with Crippen LogP contribution in [0, 0.1) is 11.3 Å². The van der Waals surface area contributed by atoms with Crippen LogP contribution in [0.15, 0.2) is 0 Å². The summed E-state index contributed by atoms with van der Waals surface area (Å²) < 4.78 is 0. The van der Waals surface area contributed by atoms with Gasteiger partial charge >= 0.3 is 0 Å². The van der Waals surface area contributed by atoms with E-state index >= 15 is 0 Å². The maximum absolute atomic E-state index is 7.16. The maximum atomic E-state index is 7.16. The number of nitrogens with zero attached hydrogens (tertiary/aromatic N) is 1. The predicted molar refractivity (Wildman–Crippen MR) is 51.4 cm³/mol. The normalized spacial score (nSPS) is 24.6. The highest BCUT2D eigenvalue weighted by Gasteiger charge is 2.21. The molecule has 0 aromatic rings. The zero-order valence-electron chi connectivity index (χ0n) is 7.84. The summed E-state index contributed by atoms with van der Waals surface area (Å²) in [5, 5.41) is 7.16. The van der Waals surface area contributed by atoms with E-state index in [0.717, 1.165) is 19.0 Å². The predicted octanol–water partition coefficient (Wildman–Crippen LogP) is 1.04. The minimum Gasteiger partial charge on any atom is -0.387 e. The molecule has 1 atom stereocenters. The molecule has 0 saturated carbocycles. The Labute approximate surface area is 74.4 Å². The van der Waals surface area contributed by atoms with Crippen LogP contribution in [0.25, 0.3) is 0 Å². The summed E-state index contributed by atoms with van der Waals surface area (Å²) >= 11 is 0. The van der Waals surface area contributed by atoms with Crippen LogP contribution >= 0.6 is 0 Å². The Morgan fingerprint density at radius 3 is 3.00 bits per heavy atom. The van der Waals surface area contributed by atoms with Crippen LogP contribution in [-0.2, 0) is 0 Å². The number of amidine groups is 1. The van der Waals surface area contributed by atoms with Crippen LogP contribution in [-0.4, -0.2) is 30.4 Å². The van der Waals surface area contributed by atoms with Gasteiger partial charge in [0.25, 0.3) is 0 Å². The fraction of sp³-hybridized carbons (Fsp3) is 0.889. The van der Waals surface area contributed by atoms with Crippen molar-refractivity contribution in [2.75, 3.05) is 19.6 Å². The van der Waals surface area contributed by atoms with Gasteiger partial charge < -0.3 is 5.73 Å². The number of nitrogens with one attached hydrogen (secondary N) is 1. The molecule has 0 radical (unpaired) electrons. The van der Waals surface area contributed by atoms with Gasteiger partial charge in [-0.05, 0) is 25.3 Å². The average molecular weight is 169 g/mol. The van der Waals surface area contributed by atoms with Crippen molar-refractivity contribution in [2.24, 2.45) is 11.7 Å². The van der Waals surface area contributed by atoms with E-state index in [-0.39, 0.29) is 0 Å². The van der Waals surface area contributed by atoms with Crippen LogP contribution in [0.1, 0.15) is 26.2 Å². The van der Waals surface area contributed by atoms with E-state index in [4.69, 9.17) is 11.1 Å². The molecule has 0 aromatic heterocycles. The Morgan fingerprint density at radius 2 is 2.42 bits per heavy atom. The summed E-state index contributed by atoms with van der Waals surface area (Å²) in [5.74, 6) is 1.15. The van der Waals surface area contributed by atoms with Gasteiger partial charge in [0.15, 0.2) is 0 Å². The summed E-state index contributed by atoms with van der Waals surface area (Å²) in [4.78, 5) is 2.28. The third-order valence-corrected chi connectivity index (χ3v) is 2.46. The van der Waals surface area contributed by atoms with Gasteiger partial charge in [0.05, 0.1) is 6.54 Å². The van der Waals surface area contributed by atoms with Crippen molar-refractivity contribution in [1.29, 1.82) is 5.41 Å². The standard InChI is InChI=1S/C9H19N3/c1-2-3-8-4-5-12(6-8)7-9(10)11/h8H,2-7H2,1H3,(H3,10,11). The number of likely N-dealkylation sites (tertiary alicyclic amines) is 1. The number of hydrogen-bond acceptors (Lipinski definition) is 2. The lowest BCUT2D eigenvalue weighted by Gasteiger charge is -2.14. The molecule has 0 amide bonds. The average Bonchev–Trinajstić information content (AvgIpc) is 2.36. The second kappa shape index (κ2) is 4.45. The van der Waals surface area contributed by atoms with Gasteiger partial charge in [0, 0.05) is 6.54 Å². The molecule has 0 aromatic carbocycles. The molecule has 0 bridgehead atoms. The van der Waals surface area contributed by atoms with E-state index in [2.05, 4.69) is 11.8 Å². The van der Waals surface area contributed by atoms with Gasteiger partial charge in [0.2, 0.25) is 0 Å². The Bertz CT molecular complexity index is 156. The Hall–Kier alpha value is -0.570. The molecule has 1 rings (SSSR count). The number of rotatable bonds is 4. The first-order valence-electron chi connectivity index (χ1n) is 4.77. The van der Waals surface area contributed by atoms with Crippen molar-refractivity contribution >= 4 is 5.84 Å². The molecular formula is C9H19N3. The molecule has 70 valence electrons. The molecule has 12 heavy (non-hydrogen) atoms. The van der Waals surface area contributed by atoms with E-state index in [1.54, 1.807) is 0 Å². The summed E-state index contributed by atoms with van der Waals surface area (Å²) in [7, 11) is 0.